The van der Waals surface area contributed by atoms with Crippen molar-refractivity contribution in [2.24, 2.45) is 5.73 Å². The maximum atomic E-state index is 5.58. The molecule has 0 saturated heterocycles. The summed E-state index contributed by atoms with van der Waals surface area (Å²) in [6.07, 6.45) is 10.8. The summed E-state index contributed by atoms with van der Waals surface area (Å²) in [6, 6.07) is 0. The number of hydrogen-bond donors (Lipinski definition) is 1. The molecule has 0 unspecified atom stereocenters. The Hall–Kier alpha value is -1.16. The molecule has 0 aromatic carbocycles. The van der Waals surface area contributed by atoms with E-state index >= 15 is 0 Å². The van der Waals surface area contributed by atoms with Gasteiger partial charge in [0.2, 0.25) is 5.88 Å². The summed E-state index contributed by atoms with van der Waals surface area (Å²) in [4.78, 5) is 8.26. The molecule has 0 amide bonds. The number of hydrogen-bond acceptors (Lipinski definition) is 4. The third-order valence-corrected chi connectivity index (χ3v) is 2.67. The Kier molecular flexibility index (Phi) is 7.30. The standard InChI is InChI=1S/C13H23N3O/c1-2-3-4-5-6-7-10-17-13-12(11-14)15-8-9-16-13/h8-9H,2-7,10-11,14H2,1H3. The van der Waals surface area contributed by atoms with Crippen LogP contribution in [0, 0.1) is 0 Å². The molecule has 0 fully saturated rings. The fourth-order valence-electron chi connectivity index (χ4n) is 1.67. The van der Waals surface area contributed by atoms with Crippen molar-refractivity contribution < 1.29 is 4.74 Å². The summed E-state index contributed by atoms with van der Waals surface area (Å²) in [6.45, 7) is 3.31. The van der Waals surface area contributed by atoms with E-state index in [-0.39, 0.29) is 0 Å². The lowest BCUT2D eigenvalue weighted by Gasteiger charge is -2.07. The minimum absolute atomic E-state index is 0.375. The van der Waals surface area contributed by atoms with Crippen molar-refractivity contribution in [1.82, 2.24) is 9.97 Å². The van der Waals surface area contributed by atoms with Gasteiger partial charge in [0.1, 0.15) is 5.69 Å². The first-order valence-corrected chi connectivity index (χ1v) is 6.51. The van der Waals surface area contributed by atoms with Gasteiger partial charge in [-0.15, -0.1) is 0 Å². The van der Waals surface area contributed by atoms with Gasteiger partial charge < -0.3 is 10.5 Å². The lowest BCUT2D eigenvalue weighted by atomic mass is 10.1. The van der Waals surface area contributed by atoms with Crippen LogP contribution in [0.15, 0.2) is 12.4 Å². The van der Waals surface area contributed by atoms with Gasteiger partial charge in [0, 0.05) is 18.9 Å². The van der Waals surface area contributed by atoms with Crippen LogP contribution in [0.3, 0.4) is 0 Å². The largest absolute Gasteiger partial charge is 0.476 e. The molecule has 4 nitrogen and oxygen atoms in total. The molecule has 1 rings (SSSR count). The molecule has 1 aromatic heterocycles. The number of rotatable bonds is 9. The van der Waals surface area contributed by atoms with E-state index in [9.17, 15) is 0 Å². The van der Waals surface area contributed by atoms with Crippen molar-refractivity contribution in [3.63, 3.8) is 0 Å². The molecule has 2 N–H and O–H groups in total. The lowest BCUT2D eigenvalue weighted by molar-refractivity contribution is 0.288. The zero-order valence-electron chi connectivity index (χ0n) is 10.7. The monoisotopic (exact) mass is 237 g/mol. The highest BCUT2D eigenvalue weighted by Gasteiger charge is 2.03. The smallest absolute Gasteiger partial charge is 0.236 e. The van der Waals surface area contributed by atoms with Crippen LogP contribution in [0.2, 0.25) is 0 Å². The van der Waals surface area contributed by atoms with Gasteiger partial charge in [0.25, 0.3) is 0 Å². The third-order valence-electron chi connectivity index (χ3n) is 2.67. The lowest BCUT2D eigenvalue weighted by Crippen LogP contribution is -2.07. The highest BCUT2D eigenvalue weighted by Crippen LogP contribution is 2.11. The quantitative estimate of drug-likeness (QED) is 0.671. The van der Waals surface area contributed by atoms with E-state index in [1.54, 1.807) is 12.4 Å². The summed E-state index contributed by atoms with van der Waals surface area (Å²) in [5.41, 5.74) is 6.29. The highest BCUT2D eigenvalue weighted by atomic mass is 16.5. The van der Waals surface area contributed by atoms with Gasteiger partial charge in [-0.1, -0.05) is 39.0 Å². The van der Waals surface area contributed by atoms with Crippen LogP contribution in [0.1, 0.15) is 51.1 Å². The van der Waals surface area contributed by atoms with Crippen molar-refractivity contribution >= 4 is 0 Å². The first-order valence-electron chi connectivity index (χ1n) is 6.51. The summed E-state index contributed by atoms with van der Waals surface area (Å²) >= 11 is 0. The van der Waals surface area contributed by atoms with E-state index in [2.05, 4.69) is 16.9 Å². The van der Waals surface area contributed by atoms with Crippen LogP contribution in [0.25, 0.3) is 0 Å². The number of nitrogens with two attached hydrogens (primary N) is 1. The molecule has 0 radical (unpaired) electrons. The zero-order valence-corrected chi connectivity index (χ0v) is 10.7. The van der Waals surface area contributed by atoms with Crippen molar-refractivity contribution in [3.05, 3.63) is 18.1 Å². The first-order chi connectivity index (χ1) is 8.38. The molecule has 1 aromatic rings. The number of ether oxygens (including phenoxy) is 1. The third kappa shape index (κ3) is 5.63. The average molecular weight is 237 g/mol. The molecule has 17 heavy (non-hydrogen) atoms. The molecule has 1 heterocycles. The molecule has 0 spiro atoms. The average Bonchev–Trinajstić information content (AvgIpc) is 2.38. The zero-order chi connectivity index (χ0) is 12.3. The van der Waals surface area contributed by atoms with Gasteiger partial charge in [-0.2, -0.15) is 0 Å². The first kappa shape index (κ1) is 13.9. The van der Waals surface area contributed by atoms with Crippen molar-refractivity contribution in [2.75, 3.05) is 6.61 Å². The molecule has 96 valence electrons. The summed E-state index contributed by atoms with van der Waals surface area (Å²) < 4.78 is 5.58. The van der Waals surface area contributed by atoms with Crippen molar-refractivity contribution in [3.8, 4) is 5.88 Å². The van der Waals surface area contributed by atoms with Crippen molar-refractivity contribution in [2.45, 2.75) is 52.0 Å². The number of aromatic nitrogens is 2. The van der Waals surface area contributed by atoms with Crippen LogP contribution >= 0.6 is 0 Å². The second kappa shape index (κ2) is 8.93. The number of nitrogens with zero attached hydrogens (tertiary/aromatic N) is 2. The van der Waals surface area contributed by atoms with Crippen LogP contribution in [-0.2, 0) is 6.54 Å². The van der Waals surface area contributed by atoms with Crippen molar-refractivity contribution in [1.29, 1.82) is 0 Å². The van der Waals surface area contributed by atoms with E-state index < -0.39 is 0 Å². The van der Waals surface area contributed by atoms with E-state index in [0.29, 0.717) is 19.0 Å². The van der Waals surface area contributed by atoms with Gasteiger partial charge in [0.05, 0.1) is 6.61 Å². The highest BCUT2D eigenvalue weighted by molar-refractivity contribution is 5.16. The molecular weight excluding hydrogens is 214 g/mol. The van der Waals surface area contributed by atoms with Gasteiger partial charge in [0.15, 0.2) is 0 Å². The predicted molar refractivity (Wildman–Crippen MR) is 68.8 cm³/mol. The van der Waals surface area contributed by atoms with Crippen LogP contribution < -0.4 is 10.5 Å². The summed E-state index contributed by atoms with van der Waals surface area (Å²) in [5, 5.41) is 0. The molecule has 0 aliphatic rings. The fourth-order valence-corrected chi connectivity index (χ4v) is 1.67. The Morgan fingerprint density at radius 1 is 1.06 bits per heavy atom. The summed E-state index contributed by atoms with van der Waals surface area (Å²) in [5.74, 6) is 0.587. The van der Waals surface area contributed by atoms with E-state index in [4.69, 9.17) is 10.5 Å². The molecule has 0 atom stereocenters. The minimum Gasteiger partial charge on any atom is -0.476 e. The fraction of sp³-hybridized carbons (Fsp3) is 0.692. The predicted octanol–water partition coefficient (Wildman–Crippen LogP) is 2.67. The van der Waals surface area contributed by atoms with Gasteiger partial charge >= 0.3 is 0 Å². The van der Waals surface area contributed by atoms with E-state index in [1.807, 2.05) is 0 Å². The maximum absolute atomic E-state index is 5.58. The summed E-state index contributed by atoms with van der Waals surface area (Å²) in [7, 11) is 0. The molecule has 0 aliphatic carbocycles. The van der Waals surface area contributed by atoms with Crippen LogP contribution in [-0.4, -0.2) is 16.6 Å². The Balaban J connectivity index is 2.13. The van der Waals surface area contributed by atoms with E-state index in [1.165, 1.54) is 32.1 Å². The molecule has 0 bridgehead atoms. The second-order valence-corrected chi connectivity index (χ2v) is 4.13. The number of unbranched alkanes of at least 4 members (excludes halogenated alkanes) is 5. The van der Waals surface area contributed by atoms with Gasteiger partial charge in [-0.05, 0) is 6.42 Å². The van der Waals surface area contributed by atoms with Gasteiger partial charge in [-0.25, -0.2) is 4.98 Å². The Morgan fingerprint density at radius 3 is 2.53 bits per heavy atom. The topological polar surface area (TPSA) is 61.0 Å². The SMILES string of the molecule is CCCCCCCCOc1nccnc1CN. The minimum atomic E-state index is 0.375. The Bertz CT molecular complexity index is 304. The van der Waals surface area contributed by atoms with Crippen LogP contribution in [0.4, 0.5) is 0 Å². The Labute approximate surface area is 104 Å². The maximum Gasteiger partial charge on any atom is 0.236 e. The Morgan fingerprint density at radius 2 is 1.76 bits per heavy atom. The van der Waals surface area contributed by atoms with E-state index in [0.717, 1.165) is 12.1 Å². The molecule has 0 aliphatic heterocycles. The van der Waals surface area contributed by atoms with Gasteiger partial charge in [-0.3, -0.25) is 4.98 Å². The molecular formula is C13H23N3O. The normalized spacial score (nSPS) is 10.5. The second-order valence-electron chi connectivity index (χ2n) is 4.13. The molecule has 0 saturated carbocycles. The molecule has 4 heteroatoms. The van der Waals surface area contributed by atoms with Crippen LogP contribution in [0.5, 0.6) is 5.88 Å².